The van der Waals surface area contributed by atoms with Gasteiger partial charge in [-0.2, -0.15) is 0 Å². The van der Waals surface area contributed by atoms with Gasteiger partial charge in [-0.15, -0.1) is 16.4 Å². The molecule has 3 aromatic heterocycles. The summed E-state index contributed by atoms with van der Waals surface area (Å²) < 4.78 is 2.25. The van der Waals surface area contributed by atoms with Crippen LogP contribution in [0.1, 0.15) is 0 Å². The van der Waals surface area contributed by atoms with Crippen LogP contribution in [0, 0.1) is 0 Å². The highest BCUT2D eigenvalue weighted by Gasteiger charge is 2.25. The molecule has 8 aromatic carbocycles. The summed E-state index contributed by atoms with van der Waals surface area (Å²) in [4.78, 5) is 31.0. The van der Waals surface area contributed by atoms with Crippen LogP contribution in [-0.4, -0.2) is 73.7 Å². The summed E-state index contributed by atoms with van der Waals surface area (Å²) >= 11 is 0. The third-order valence-corrected chi connectivity index (χ3v) is 11.8. The molecule has 0 atom stereocenters. The Morgan fingerprint density at radius 3 is 1.11 bits per heavy atom. The van der Waals surface area contributed by atoms with E-state index >= 15 is 0 Å². The number of nitrogens with zero attached hydrogens (tertiary/aromatic N) is 7. The van der Waals surface area contributed by atoms with Crippen LogP contribution >= 0.6 is 0 Å². The van der Waals surface area contributed by atoms with Gasteiger partial charge in [-0.05, 0) is 35.4 Å². The number of benzene rings is 8. The maximum atomic E-state index is 6.74. The standard InChI is InChI=1S/C54H30B5N7/c55-44-43(45(56)47(58)48(59)46(44)57)54-64-51(34-23-11-4-12-24-34)63-53(65-54)39-29-38(52-61-49(32-19-7-2-8-20-32)60-50(62-52)33-21-9-3-10-22-33)37(31-17-5-1-6-18-31)30-42(39)66-40-27-15-13-25-35(40)36-26-14-16-28-41(36)66/h1-30H. The summed E-state index contributed by atoms with van der Waals surface area (Å²) in [7, 11) is 32.7. The highest BCUT2D eigenvalue weighted by Crippen LogP contribution is 2.42. The van der Waals surface area contributed by atoms with Crippen LogP contribution < -0.4 is 27.3 Å². The van der Waals surface area contributed by atoms with E-state index in [4.69, 9.17) is 69.1 Å². The van der Waals surface area contributed by atoms with Crippen LogP contribution in [0.2, 0.25) is 0 Å². The fourth-order valence-corrected chi connectivity index (χ4v) is 8.52. The van der Waals surface area contributed by atoms with E-state index in [1.807, 2.05) is 121 Å². The minimum absolute atomic E-state index is 0.0821. The Labute approximate surface area is 388 Å². The van der Waals surface area contributed by atoms with Crippen molar-refractivity contribution in [2.24, 2.45) is 0 Å². The molecule has 0 unspecified atom stereocenters. The van der Waals surface area contributed by atoms with Crippen molar-refractivity contribution in [1.29, 1.82) is 0 Å². The summed E-state index contributed by atoms with van der Waals surface area (Å²) in [5.74, 6) is 2.32. The van der Waals surface area contributed by atoms with Gasteiger partial charge in [0.25, 0.3) is 0 Å². The minimum atomic E-state index is 0.0821. The lowest BCUT2D eigenvalue weighted by atomic mass is 9.60. The average molecular weight is 831 g/mol. The second kappa shape index (κ2) is 16.8. The van der Waals surface area contributed by atoms with Gasteiger partial charge in [0.1, 0.15) is 39.2 Å². The maximum Gasteiger partial charge on any atom is 0.166 e. The van der Waals surface area contributed by atoms with Gasteiger partial charge in [-0.1, -0.05) is 169 Å². The van der Waals surface area contributed by atoms with Gasteiger partial charge in [-0.25, -0.2) is 29.9 Å². The van der Waals surface area contributed by atoms with Crippen molar-refractivity contribution in [3.8, 4) is 85.1 Å². The van der Waals surface area contributed by atoms with E-state index in [1.165, 1.54) is 0 Å². The number of fused-ring (bicyclic) bond motifs is 3. The fourth-order valence-electron chi connectivity index (χ4n) is 8.52. The average Bonchev–Trinajstić information content (AvgIpc) is 3.72. The van der Waals surface area contributed by atoms with Gasteiger partial charge < -0.3 is 4.57 Å². The summed E-state index contributed by atoms with van der Waals surface area (Å²) in [6, 6.07) is 60.6. The van der Waals surface area contributed by atoms with Crippen LogP contribution in [-0.2, 0) is 0 Å². The van der Waals surface area contributed by atoms with Gasteiger partial charge in [0.2, 0.25) is 0 Å². The molecule has 12 heteroatoms. The molecule has 296 valence electrons. The molecule has 3 heterocycles. The molecule has 0 saturated heterocycles. The topological polar surface area (TPSA) is 82.3 Å². The molecule has 10 radical (unpaired) electrons. The Morgan fingerprint density at radius 2 is 0.636 bits per heavy atom. The lowest BCUT2D eigenvalue weighted by Crippen LogP contribution is -2.55. The van der Waals surface area contributed by atoms with Crippen LogP contribution in [0.15, 0.2) is 182 Å². The number of rotatable bonds is 8. The maximum absolute atomic E-state index is 6.74. The van der Waals surface area contributed by atoms with E-state index in [9.17, 15) is 0 Å². The summed E-state index contributed by atoms with van der Waals surface area (Å²) in [5.41, 5.74) is 9.01. The fraction of sp³-hybridized carbons (Fsp3) is 0. The van der Waals surface area contributed by atoms with Crippen molar-refractivity contribution in [3.05, 3.63) is 182 Å². The molecule has 0 N–H and O–H groups in total. The normalized spacial score (nSPS) is 11.3. The van der Waals surface area contributed by atoms with Gasteiger partial charge >= 0.3 is 0 Å². The van der Waals surface area contributed by atoms with Crippen molar-refractivity contribution >= 4 is 88.4 Å². The van der Waals surface area contributed by atoms with Gasteiger partial charge in [0.15, 0.2) is 34.9 Å². The number of hydrogen-bond acceptors (Lipinski definition) is 6. The molecule has 0 aliphatic rings. The largest absolute Gasteiger partial charge is 0.308 e. The zero-order valence-corrected chi connectivity index (χ0v) is 35.3. The van der Waals surface area contributed by atoms with Crippen molar-refractivity contribution in [1.82, 2.24) is 34.5 Å². The molecule has 11 aromatic rings. The van der Waals surface area contributed by atoms with Crippen molar-refractivity contribution in [2.45, 2.75) is 0 Å². The van der Waals surface area contributed by atoms with Crippen LogP contribution in [0.25, 0.3) is 107 Å². The Balaban J connectivity index is 1.30. The van der Waals surface area contributed by atoms with E-state index in [-0.39, 0.29) is 38.7 Å². The van der Waals surface area contributed by atoms with Crippen LogP contribution in [0.4, 0.5) is 0 Å². The van der Waals surface area contributed by atoms with Gasteiger partial charge in [0.05, 0.1) is 16.7 Å². The van der Waals surface area contributed by atoms with Crippen molar-refractivity contribution in [2.75, 3.05) is 0 Å². The van der Waals surface area contributed by atoms with E-state index in [1.54, 1.807) is 0 Å². The first-order valence-corrected chi connectivity index (χ1v) is 21.2. The Morgan fingerprint density at radius 1 is 0.288 bits per heavy atom. The van der Waals surface area contributed by atoms with Crippen LogP contribution in [0.5, 0.6) is 0 Å². The molecular weight excluding hydrogens is 801 g/mol. The molecule has 0 fully saturated rings. The van der Waals surface area contributed by atoms with E-state index in [2.05, 4.69) is 65.2 Å². The quantitative estimate of drug-likeness (QED) is 0.157. The predicted octanol–water partition coefficient (Wildman–Crippen LogP) is 6.79. The molecule has 0 amide bonds. The first-order chi connectivity index (χ1) is 32.3. The molecule has 11 rings (SSSR count). The molecule has 7 nitrogen and oxygen atoms in total. The SMILES string of the molecule is [B]c1c([B])c([B])c(-c2nc(-c3ccccc3)nc(-c3cc(-c4nc(-c5ccccc5)nc(-c5ccccc5)n4)c(-c4ccccc4)cc3-n3c4ccccc4c4ccccc43)n2)c([B])c1[B]. The van der Waals surface area contributed by atoms with E-state index < -0.39 is 0 Å². The summed E-state index contributed by atoms with van der Waals surface area (Å²) in [6.45, 7) is 0. The first kappa shape index (κ1) is 40.7. The van der Waals surface area contributed by atoms with Crippen LogP contribution in [0.3, 0.4) is 0 Å². The van der Waals surface area contributed by atoms with Crippen molar-refractivity contribution in [3.63, 3.8) is 0 Å². The second-order valence-corrected chi connectivity index (χ2v) is 15.8. The second-order valence-electron chi connectivity index (χ2n) is 15.8. The number of para-hydroxylation sites is 2. The van der Waals surface area contributed by atoms with Gasteiger partial charge in [-0.3, -0.25) is 0 Å². The Kier molecular flexibility index (Phi) is 10.3. The lowest BCUT2D eigenvalue weighted by Gasteiger charge is -2.22. The third kappa shape index (κ3) is 7.11. The highest BCUT2D eigenvalue weighted by atomic mass is 15.1. The molecular formula is C54H30B5N7. The lowest BCUT2D eigenvalue weighted by molar-refractivity contribution is 1.06. The summed E-state index contributed by atoms with van der Waals surface area (Å²) in [6.07, 6.45) is 0. The van der Waals surface area contributed by atoms with Gasteiger partial charge in [0, 0.05) is 44.2 Å². The molecule has 0 aliphatic heterocycles. The minimum Gasteiger partial charge on any atom is -0.308 e. The smallest absolute Gasteiger partial charge is 0.166 e. The monoisotopic (exact) mass is 831 g/mol. The predicted molar refractivity (Wildman–Crippen MR) is 273 cm³/mol. The molecule has 0 saturated carbocycles. The molecule has 0 spiro atoms. The Hall–Kier alpha value is -8.10. The zero-order valence-electron chi connectivity index (χ0n) is 35.3. The molecule has 0 bridgehead atoms. The molecule has 66 heavy (non-hydrogen) atoms. The zero-order chi connectivity index (χ0) is 44.9. The molecule has 0 aliphatic carbocycles. The highest BCUT2D eigenvalue weighted by molar-refractivity contribution is 6.68. The van der Waals surface area contributed by atoms with E-state index in [0.29, 0.717) is 40.2 Å². The summed E-state index contributed by atoms with van der Waals surface area (Å²) in [5, 5.41) is 2.16. The number of aromatic nitrogens is 7. The first-order valence-electron chi connectivity index (χ1n) is 21.2. The number of hydrogen-bond donors (Lipinski definition) is 0. The third-order valence-electron chi connectivity index (χ3n) is 11.8. The van der Waals surface area contributed by atoms with E-state index in [0.717, 1.165) is 55.3 Å². The van der Waals surface area contributed by atoms with Crippen molar-refractivity contribution < 1.29 is 0 Å². The Bertz CT molecular complexity index is 3500.